The van der Waals surface area contributed by atoms with Crippen molar-refractivity contribution in [2.45, 2.75) is 12.8 Å². The molecule has 0 spiro atoms. The number of rotatable bonds is 4. The topological polar surface area (TPSA) is 58.2 Å². The molecule has 2 rings (SSSR count). The summed E-state index contributed by atoms with van der Waals surface area (Å²) in [5.74, 6) is -1.79. The molecule has 0 radical (unpaired) electrons. The smallest absolute Gasteiger partial charge is 0.313 e. The monoisotopic (exact) mass is 300 g/mol. The molecule has 2 aromatic carbocycles. The van der Waals surface area contributed by atoms with Gasteiger partial charge in [0, 0.05) is 12.2 Å². The van der Waals surface area contributed by atoms with E-state index in [1.807, 2.05) is 37.3 Å². The molecule has 0 aliphatic heterocycles. The van der Waals surface area contributed by atoms with Gasteiger partial charge in [0.2, 0.25) is 0 Å². The Bertz CT molecular complexity index is 641. The van der Waals surface area contributed by atoms with Crippen LogP contribution in [0.25, 0.3) is 0 Å². The van der Waals surface area contributed by atoms with Gasteiger partial charge in [0.25, 0.3) is 0 Å². The first-order valence-corrected chi connectivity index (χ1v) is 6.96. The lowest BCUT2D eigenvalue weighted by Gasteiger charge is -2.13. The Balaban J connectivity index is 1.84. The number of anilines is 1. The van der Waals surface area contributed by atoms with Crippen LogP contribution < -0.4 is 10.6 Å². The van der Waals surface area contributed by atoms with Crippen molar-refractivity contribution in [3.63, 3.8) is 0 Å². The van der Waals surface area contributed by atoms with Gasteiger partial charge in [-0.1, -0.05) is 37.3 Å². The van der Waals surface area contributed by atoms with Gasteiger partial charge in [0.15, 0.2) is 0 Å². The van der Waals surface area contributed by atoms with Gasteiger partial charge in [-0.25, -0.2) is 4.39 Å². The van der Waals surface area contributed by atoms with Crippen LogP contribution in [-0.2, 0) is 9.59 Å². The van der Waals surface area contributed by atoms with E-state index in [0.717, 1.165) is 5.56 Å². The minimum absolute atomic E-state index is 0.101. The van der Waals surface area contributed by atoms with Gasteiger partial charge in [-0.2, -0.15) is 0 Å². The number of hydrogen-bond acceptors (Lipinski definition) is 2. The Labute approximate surface area is 128 Å². The van der Waals surface area contributed by atoms with E-state index < -0.39 is 17.6 Å². The SMILES string of the molecule is C[C@@H](CNC(=O)C(=O)Nc1ccc(F)cc1)c1ccccc1. The molecule has 2 amide bonds. The molecule has 2 aromatic rings. The molecule has 114 valence electrons. The summed E-state index contributed by atoms with van der Waals surface area (Å²) in [6.07, 6.45) is 0. The van der Waals surface area contributed by atoms with E-state index in [0.29, 0.717) is 12.2 Å². The Hall–Kier alpha value is -2.69. The van der Waals surface area contributed by atoms with E-state index in [2.05, 4.69) is 10.6 Å². The highest BCUT2D eigenvalue weighted by Crippen LogP contribution is 2.13. The number of nitrogens with one attached hydrogen (secondary N) is 2. The molecule has 5 heteroatoms. The fraction of sp³-hybridized carbons (Fsp3) is 0.176. The van der Waals surface area contributed by atoms with Crippen LogP contribution >= 0.6 is 0 Å². The third-order valence-electron chi connectivity index (χ3n) is 3.25. The quantitative estimate of drug-likeness (QED) is 0.853. The van der Waals surface area contributed by atoms with Crippen LogP contribution in [0.2, 0.25) is 0 Å². The summed E-state index contributed by atoms with van der Waals surface area (Å²) in [7, 11) is 0. The molecule has 0 aliphatic carbocycles. The summed E-state index contributed by atoms with van der Waals surface area (Å²) < 4.78 is 12.8. The van der Waals surface area contributed by atoms with Gasteiger partial charge in [0.05, 0.1) is 0 Å². The maximum absolute atomic E-state index is 12.8. The van der Waals surface area contributed by atoms with Crippen molar-refractivity contribution in [2.24, 2.45) is 0 Å². The third kappa shape index (κ3) is 4.41. The van der Waals surface area contributed by atoms with Crippen LogP contribution in [0, 0.1) is 5.82 Å². The zero-order chi connectivity index (χ0) is 15.9. The molecular formula is C17H17FN2O2. The van der Waals surface area contributed by atoms with Gasteiger partial charge in [0.1, 0.15) is 5.82 Å². The summed E-state index contributed by atoms with van der Waals surface area (Å²) in [6.45, 7) is 2.33. The van der Waals surface area contributed by atoms with Crippen molar-refractivity contribution in [1.29, 1.82) is 0 Å². The lowest BCUT2D eigenvalue weighted by atomic mass is 10.0. The van der Waals surface area contributed by atoms with Crippen molar-refractivity contribution in [2.75, 3.05) is 11.9 Å². The lowest BCUT2D eigenvalue weighted by molar-refractivity contribution is -0.136. The highest BCUT2D eigenvalue weighted by atomic mass is 19.1. The molecular weight excluding hydrogens is 283 g/mol. The first-order valence-electron chi connectivity index (χ1n) is 6.96. The van der Waals surface area contributed by atoms with Crippen LogP contribution in [0.5, 0.6) is 0 Å². The van der Waals surface area contributed by atoms with E-state index in [1.54, 1.807) is 0 Å². The van der Waals surface area contributed by atoms with Gasteiger partial charge in [-0.3, -0.25) is 9.59 Å². The summed E-state index contributed by atoms with van der Waals surface area (Å²) in [6, 6.07) is 14.9. The molecule has 0 unspecified atom stereocenters. The maximum Gasteiger partial charge on any atom is 0.313 e. The molecule has 0 fully saturated rings. The number of carbonyl (C=O) groups is 2. The average molecular weight is 300 g/mol. The van der Waals surface area contributed by atoms with Crippen molar-refractivity contribution in [3.8, 4) is 0 Å². The zero-order valence-electron chi connectivity index (χ0n) is 12.2. The standard InChI is InChI=1S/C17H17FN2O2/c1-12(13-5-3-2-4-6-13)11-19-16(21)17(22)20-15-9-7-14(18)8-10-15/h2-10,12H,11H2,1H3,(H,19,21)(H,20,22)/t12-/m0/s1. The van der Waals surface area contributed by atoms with E-state index >= 15 is 0 Å². The molecule has 0 bridgehead atoms. The maximum atomic E-state index is 12.8. The van der Waals surface area contributed by atoms with Crippen LogP contribution in [0.1, 0.15) is 18.4 Å². The van der Waals surface area contributed by atoms with E-state index in [4.69, 9.17) is 0 Å². The normalized spacial score (nSPS) is 11.5. The molecule has 4 nitrogen and oxygen atoms in total. The molecule has 0 saturated heterocycles. The fourth-order valence-electron chi connectivity index (χ4n) is 1.95. The number of amides is 2. The first-order chi connectivity index (χ1) is 10.6. The number of hydrogen-bond donors (Lipinski definition) is 2. The summed E-state index contributed by atoms with van der Waals surface area (Å²) in [5.41, 5.74) is 1.46. The van der Waals surface area contributed by atoms with Crippen molar-refractivity contribution < 1.29 is 14.0 Å². The van der Waals surface area contributed by atoms with Gasteiger partial charge in [-0.05, 0) is 35.7 Å². The van der Waals surface area contributed by atoms with Gasteiger partial charge < -0.3 is 10.6 Å². The first kappa shape index (κ1) is 15.7. The summed E-state index contributed by atoms with van der Waals surface area (Å²) >= 11 is 0. The molecule has 22 heavy (non-hydrogen) atoms. The molecule has 0 saturated carbocycles. The fourth-order valence-corrected chi connectivity index (χ4v) is 1.95. The van der Waals surface area contributed by atoms with Crippen LogP contribution in [-0.4, -0.2) is 18.4 Å². The van der Waals surface area contributed by atoms with E-state index in [9.17, 15) is 14.0 Å². The van der Waals surface area contributed by atoms with Gasteiger partial charge >= 0.3 is 11.8 Å². The predicted octanol–water partition coefficient (Wildman–Crippen LogP) is 2.68. The predicted molar refractivity (Wildman–Crippen MR) is 82.9 cm³/mol. The number of carbonyl (C=O) groups excluding carboxylic acids is 2. The second-order valence-corrected chi connectivity index (χ2v) is 4.98. The Kier molecular flexibility index (Phi) is 5.25. The lowest BCUT2D eigenvalue weighted by Crippen LogP contribution is -2.37. The zero-order valence-corrected chi connectivity index (χ0v) is 12.2. The van der Waals surface area contributed by atoms with Crippen LogP contribution in [0.15, 0.2) is 54.6 Å². The minimum Gasteiger partial charge on any atom is -0.347 e. The molecule has 2 N–H and O–H groups in total. The largest absolute Gasteiger partial charge is 0.347 e. The third-order valence-corrected chi connectivity index (χ3v) is 3.25. The highest BCUT2D eigenvalue weighted by molar-refractivity contribution is 6.39. The highest BCUT2D eigenvalue weighted by Gasteiger charge is 2.15. The molecule has 1 atom stereocenters. The van der Waals surface area contributed by atoms with Crippen LogP contribution in [0.4, 0.5) is 10.1 Å². The Morgan fingerprint density at radius 3 is 2.27 bits per heavy atom. The van der Waals surface area contributed by atoms with Crippen molar-refractivity contribution >= 4 is 17.5 Å². The Morgan fingerprint density at radius 1 is 1.00 bits per heavy atom. The summed E-state index contributed by atoms with van der Waals surface area (Å²) in [5, 5.41) is 5.00. The molecule has 0 aliphatic rings. The van der Waals surface area contributed by atoms with Gasteiger partial charge in [-0.15, -0.1) is 0 Å². The Morgan fingerprint density at radius 2 is 1.64 bits per heavy atom. The molecule has 0 heterocycles. The van der Waals surface area contributed by atoms with Crippen molar-refractivity contribution in [1.82, 2.24) is 5.32 Å². The van der Waals surface area contributed by atoms with Crippen molar-refractivity contribution in [3.05, 3.63) is 66.0 Å². The number of halogens is 1. The second kappa shape index (κ2) is 7.36. The molecule has 0 aromatic heterocycles. The van der Waals surface area contributed by atoms with E-state index in [1.165, 1.54) is 24.3 Å². The average Bonchev–Trinajstić information content (AvgIpc) is 2.55. The second-order valence-electron chi connectivity index (χ2n) is 4.98. The summed E-state index contributed by atoms with van der Waals surface area (Å²) in [4.78, 5) is 23.5. The van der Waals surface area contributed by atoms with E-state index in [-0.39, 0.29) is 5.92 Å². The number of benzene rings is 2. The van der Waals surface area contributed by atoms with Crippen LogP contribution in [0.3, 0.4) is 0 Å². The minimum atomic E-state index is -0.771.